The van der Waals surface area contributed by atoms with Crippen LogP contribution in [0.1, 0.15) is 20.4 Å². The van der Waals surface area contributed by atoms with Crippen LogP contribution in [-0.4, -0.2) is 10.2 Å². The van der Waals surface area contributed by atoms with Crippen molar-refractivity contribution in [1.82, 2.24) is 10.2 Å². The van der Waals surface area contributed by atoms with E-state index in [0.717, 1.165) is 16.4 Å². The van der Waals surface area contributed by atoms with Gasteiger partial charge in [0.1, 0.15) is 10.0 Å². The van der Waals surface area contributed by atoms with E-state index in [9.17, 15) is 0 Å². The van der Waals surface area contributed by atoms with Crippen LogP contribution >= 0.6 is 27.3 Å². The Hall–Kier alpha value is -0.740. The monoisotopic (exact) mass is 282 g/mol. The molecule has 0 radical (unpaired) electrons. The van der Waals surface area contributed by atoms with Gasteiger partial charge in [-0.05, 0) is 12.5 Å². The van der Waals surface area contributed by atoms with Crippen molar-refractivity contribution >= 4 is 27.3 Å². The van der Waals surface area contributed by atoms with Crippen LogP contribution in [-0.2, 0) is 6.42 Å². The van der Waals surface area contributed by atoms with Crippen molar-refractivity contribution in [1.29, 1.82) is 0 Å². The van der Waals surface area contributed by atoms with Gasteiger partial charge in [-0.2, -0.15) is 0 Å². The molecule has 2 aromatic rings. The number of halogens is 1. The molecule has 0 fully saturated rings. The summed E-state index contributed by atoms with van der Waals surface area (Å²) in [4.78, 5) is 0.325. The summed E-state index contributed by atoms with van der Waals surface area (Å²) >= 11 is 5.33. The topological polar surface area (TPSA) is 25.8 Å². The van der Waals surface area contributed by atoms with Crippen molar-refractivity contribution in [2.24, 2.45) is 0 Å². The van der Waals surface area contributed by atoms with Crippen LogP contribution in [0.25, 0.3) is 0 Å². The predicted octanol–water partition coefficient (Wildman–Crippen LogP) is 3.53. The number of rotatable bonds is 3. The molecule has 1 unspecified atom stereocenters. The average Bonchev–Trinajstić information content (AvgIpc) is 2.65. The van der Waals surface area contributed by atoms with E-state index in [1.807, 2.05) is 13.0 Å². The molecule has 0 spiro atoms. The number of benzene rings is 1. The number of alkyl halides is 1. The standard InChI is InChI=1S/C11H11BrN2S/c1-8-13-14-11(15-8)7-10(12)9-5-3-2-4-6-9/h2-6,10H,7H2,1H3. The average molecular weight is 283 g/mol. The first-order valence-electron chi connectivity index (χ1n) is 4.73. The third-order valence-electron chi connectivity index (χ3n) is 2.08. The quantitative estimate of drug-likeness (QED) is 0.805. The van der Waals surface area contributed by atoms with Gasteiger partial charge in [-0.1, -0.05) is 46.3 Å². The van der Waals surface area contributed by atoms with E-state index in [-0.39, 0.29) is 0 Å². The summed E-state index contributed by atoms with van der Waals surface area (Å²) < 4.78 is 0. The first kappa shape index (κ1) is 10.8. The zero-order valence-corrected chi connectivity index (χ0v) is 10.8. The molecule has 0 N–H and O–H groups in total. The van der Waals surface area contributed by atoms with E-state index in [0.29, 0.717) is 4.83 Å². The van der Waals surface area contributed by atoms with E-state index in [4.69, 9.17) is 0 Å². The summed E-state index contributed by atoms with van der Waals surface area (Å²) in [6, 6.07) is 10.4. The third-order valence-corrected chi connectivity index (χ3v) is 3.80. The maximum Gasteiger partial charge on any atom is 0.118 e. The van der Waals surface area contributed by atoms with Gasteiger partial charge in [-0.15, -0.1) is 21.5 Å². The Morgan fingerprint density at radius 2 is 2.00 bits per heavy atom. The second-order valence-corrected chi connectivity index (χ2v) is 5.67. The van der Waals surface area contributed by atoms with Gasteiger partial charge in [0, 0.05) is 11.2 Å². The van der Waals surface area contributed by atoms with Crippen LogP contribution < -0.4 is 0 Å². The van der Waals surface area contributed by atoms with Crippen LogP contribution in [0.2, 0.25) is 0 Å². The maximum absolute atomic E-state index is 4.12. The Morgan fingerprint density at radius 1 is 1.27 bits per heavy atom. The molecule has 0 aliphatic carbocycles. The molecule has 2 rings (SSSR count). The van der Waals surface area contributed by atoms with E-state index >= 15 is 0 Å². The lowest BCUT2D eigenvalue weighted by molar-refractivity contribution is 0.891. The molecule has 1 aromatic heterocycles. The van der Waals surface area contributed by atoms with Crippen molar-refractivity contribution < 1.29 is 0 Å². The molecule has 0 bridgehead atoms. The fourth-order valence-electron chi connectivity index (χ4n) is 1.35. The van der Waals surface area contributed by atoms with E-state index < -0.39 is 0 Å². The molecule has 0 saturated heterocycles. The minimum Gasteiger partial charge on any atom is -0.144 e. The normalized spacial score (nSPS) is 12.7. The first-order valence-corrected chi connectivity index (χ1v) is 6.47. The lowest BCUT2D eigenvalue weighted by Crippen LogP contribution is -1.94. The molecule has 78 valence electrons. The third kappa shape index (κ3) is 2.86. The number of nitrogens with zero attached hydrogens (tertiary/aromatic N) is 2. The zero-order chi connectivity index (χ0) is 10.7. The molecule has 4 heteroatoms. The molecular formula is C11H11BrN2S. The number of aryl methyl sites for hydroxylation is 1. The van der Waals surface area contributed by atoms with E-state index in [2.05, 4.69) is 50.4 Å². The summed E-state index contributed by atoms with van der Waals surface area (Å²) in [5.74, 6) is 0. The van der Waals surface area contributed by atoms with Gasteiger partial charge in [-0.25, -0.2) is 0 Å². The molecule has 1 heterocycles. The molecule has 0 saturated carbocycles. The molecule has 0 aliphatic heterocycles. The van der Waals surface area contributed by atoms with Gasteiger partial charge in [0.25, 0.3) is 0 Å². The molecule has 2 nitrogen and oxygen atoms in total. The largest absolute Gasteiger partial charge is 0.144 e. The van der Waals surface area contributed by atoms with Crippen LogP contribution in [0.4, 0.5) is 0 Å². The summed E-state index contributed by atoms with van der Waals surface area (Å²) in [5.41, 5.74) is 1.28. The second-order valence-electron chi connectivity index (χ2n) is 3.30. The molecule has 15 heavy (non-hydrogen) atoms. The molecule has 1 atom stereocenters. The summed E-state index contributed by atoms with van der Waals surface area (Å²) in [7, 11) is 0. The Labute approximate surface area is 101 Å². The van der Waals surface area contributed by atoms with Gasteiger partial charge >= 0.3 is 0 Å². The number of hydrogen-bond donors (Lipinski definition) is 0. The minimum atomic E-state index is 0.325. The van der Waals surface area contributed by atoms with E-state index in [1.54, 1.807) is 11.3 Å². The summed E-state index contributed by atoms with van der Waals surface area (Å²) in [5, 5.41) is 10.2. The highest BCUT2D eigenvalue weighted by Gasteiger charge is 2.10. The number of hydrogen-bond acceptors (Lipinski definition) is 3. The fourth-order valence-corrected chi connectivity index (χ4v) is 2.93. The highest BCUT2D eigenvalue weighted by Crippen LogP contribution is 2.27. The van der Waals surface area contributed by atoms with Crippen LogP contribution in [0.15, 0.2) is 30.3 Å². The van der Waals surface area contributed by atoms with Crippen molar-refractivity contribution in [3.05, 3.63) is 45.9 Å². The van der Waals surface area contributed by atoms with Crippen LogP contribution in [0, 0.1) is 6.92 Å². The fraction of sp³-hybridized carbons (Fsp3) is 0.273. The second kappa shape index (κ2) is 4.86. The van der Waals surface area contributed by atoms with Gasteiger partial charge < -0.3 is 0 Å². The van der Waals surface area contributed by atoms with Crippen LogP contribution in [0.3, 0.4) is 0 Å². The summed E-state index contributed by atoms with van der Waals surface area (Å²) in [6.07, 6.45) is 0.898. The Morgan fingerprint density at radius 3 is 2.60 bits per heavy atom. The maximum atomic E-state index is 4.12. The van der Waals surface area contributed by atoms with Crippen molar-refractivity contribution in [3.8, 4) is 0 Å². The smallest absolute Gasteiger partial charge is 0.118 e. The lowest BCUT2D eigenvalue weighted by atomic mass is 10.1. The molecular weight excluding hydrogens is 272 g/mol. The van der Waals surface area contributed by atoms with E-state index in [1.165, 1.54) is 5.56 Å². The van der Waals surface area contributed by atoms with Crippen molar-refractivity contribution in [2.45, 2.75) is 18.2 Å². The SMILES string of the molecule is Cc1nnc(CC(Br)c2ccccc2)s1. The molecule has 1 aromatic carbocycles. The highest BCUT2D eigenvalue weighted by atomic mass is 79.9. The van der Waals surface area contributed by atoms with Gasteiger partial charge in [0.05, 0.1) is 0 Å². The predicted molar refractivity (Wildman–Crippen MR) is 66.5 cm³/mol. The minimum absolute atomic E-state index is 0.325. The lowest BCUT2D eigenvalue weighted by Gasteiger charge is -2.06. The zero-order valence-electron chi connectivity index (χ0n) is 8.35. The first-order chi connectivity index (χ1) is 7.25. The highest BCUT2D eigenvalue weighted by molar-refractivity contribution is 9.09. The van der Waals surface area contributed by atoms with Crippen LogP contribution in [0.5, 0.6) is 0 Å². The molecule has 0 aliphatic rings. The Bertz CT molecular complexity index is 427. The Kier molecular flexibility index (Phi) is 3.49. The van der Waals surface area contributed by atoms with Crippen molar-refractivity contribution in [2.75, 3.05) is 0 Å². The number of aromatic nitrogens is 2. The summed E-state index contributed by atoms with van der Waals surface area (Å²) in [6.45, 7) is 1.98. The Balaban J connectivity index is 2.07. The van der Waals surface area contributed by atoms with Gasteiger partial charge in [0.15, 0.2) is 0 Å². The van der Waals surface area contributed by atoms with Gasteiger partial charge in [-0.3, -0.25) is 0 Å². The van der Waals surface area contributed by atoms with Crippen molar-refractivity contribution in [3.63, 3.8) is 0 Å². The molecule has 0 amide bonds. The van der Waals surface area contributed by atoms with Gasteiger partial charge in [0.2, 0.25) is 0 Å².